The second-order valence-corrected chi connectivity index (χ2v) is 4.74. The van der Waals surface area contributed by atoms with Crippen LogP contribution in [0.3, 0.4) is 0 Å². The maximum atomic E-state index is 12.1. The lowest BCUT2D eigenvalue weighted by Crippen LogP contribution is -2.37. The van der Waals surface area contributed by atoms with Gasteiger partial charge in [0.1, 0.15) is 12.4 Å². The predicted molar refractivity (Wildman–Crippen MR) is 77.3 cm³/mol. The monoisotopic (exact) mass is 296 g/mol. The Kier molecular flexibility index (Phi) is 5.52. The predicted octanol–water partition coefficient (Wildman–Crippen LogP) is 1.59. The van der Waals surface area contributed by atoms with Crippen LogP contribution in [-0.4, -0.2) is 56.7 Å². The standard InChI is InChI=1S/C14H17ClN2O3/c1-19-7-8-20-10-13(18)17-6-5-16-14(17)11-3-2-4-12(15)9-11/h2-4,9H,5-8,10H2,1H3. The van der Waals surface area contributed by atoms with Gasteiger partial charge in [0.25, 0.3) is 5.91 Å². The summed E-state index contributed by atoms with van der Waals surface area (Å²) < 4.78 is 10.1. The number of ether oxygens (including phenoxy) is 2. The van der Waals surface area contributed by atoms with Crippen molar-refractivity contribution >= 4 is 23.3 Å². The van der Waals surface area contributed by atoms with Crippen LogP contribution < -0.4 is 0 Å². The average molecular weight is 297 g/mol. The Morgan fingerprint density at radius 2 is 2.30 bits per heavy atom. The van der Waals surface area contributed by atoms with E-state index in [9.17, 15) is 4.79 Å². The molecule has 0 saturated heterocycles. The number of carbonyl (C=O) groups is 1. The van der Waals surface area contributed by atoms with Crippen LogP contribution in [0.25, 0.3) is 0 Å². The van der Waals surface area contributed by atoms with Crippen molar-refractivity contribution in [1.82, 2.24) is 4.90 Å². The molecule has 0 saturated carbocycles. The highest BCUT2D eigenvalue weighted by atomic mass is 35.5. The summed E-state index contributed by atoms with van der Waals surface area (Å²) in [5.74, 6) is 0.560. The van der Waals surface area contributed by atoms with E-state index in [0.717, 1.165) is 5.56 Å². The Balaban J connectivity index is 1.98. The van der Waals surface area contributed by atoms with Crippen molar-refractivity contribution in [3.05, 3.63) is 34.9 Å². The molecule has 0 atom stereocenters. The van der Waals surface area contributed by atoms with Crippen molar-refractivity contribution in [1.29, 1.82) is 0 Å². The average Bonchev–Trinajstić information content (AvgIpc) is 2.93. The molecule has 0 radical (unpaired) electrons. The number of carbonyl (C=O) groups excluding carboxylic acids is 1. The molecule has 0 aromatic heterocycles. The van der Waals surface area contributed by atoms with Gasteiger partial charge < -0.3 is 9.47 Å². The van der Waals surface area contributed by atoms with Gasteiger partial charge >= 0.3 is 0 Å². The summed E-state index contributed by atoms with van der Waals surface area (Å²) >= 11 is 5.97. The summed E-state index contributed by atoms with van der Waals surface area (Å²) in [4.78, 5) is 18.1. The first-order chi connectivity index (χ1) is 9.72. The van der Waals surface area contributed by atoms with E-state index in [4.69, 9.17) is 21.1 Å². The SMILES string of the molecule is COCCOCC(=O)N1CCN=C1c1cccc(Cl)c1. The summed E-state index contributed by atoms with van der Waals surface area (Å²) in [7, 11) is 1.59. The molecule has 6 heteroatoms. The highest BCUT2D eigenvalue weighted by molar-refractivity contribution is 6.31. The zero-order valence-corrected chi connectivity index (χ0v) is 12.1. The van der Waals surface area contributed by atoms with Crippen LogP contribution in [0.2, 0.25) is 5.02 Å². The van der Waals surface area contributed by atoms with E-state index in [-0.39, 0.29) is 12.5 Å². The molecule has 1 aliphatic rings. The Morgan fingerprint density at radius 3 is 3.05 bits per heavy atom. The molecule has 20 heavy (non-hydrogen) atoms. The van der Waals surface area contributed by atoms with Gasteiger partial charge in [-0.3, -0.25) is 14.7 Å². The van der Waals surface area contributed by atoms with Crippen molar-refractivity contribution in [2.75, 3.05) is 40.0 Å². The molecule has 1 aromatic rings. The molecule has 1 aromatic carbocycles. The van der Waals surface area contributed by atoms with Crippen molar-refractivity contribution < 1.29 is 14.3 Å². The van der Waals surface area contributed by atoms with E-state index in [1.165, 1.54) is 0 Å². The van der Waals surface area contributed by atoms with Crippen LogP contribution in [0.15, 0.2) is 29.3 Å². The Hall–Kier alpha value is -1.43. The first-order valence-electron chi connectivity index (χ1n) is 6.40. The van der Waals surface area contributed by atoms with Gasteiger partial charge in [-0.1, -0.05) is 23.7 Å². The second-order valence-electron chi connectivity index (χ2n) is 4.31. The number of nitrogens with zero attached hydrogens (tertiary/aromatic N) is 2. The van der Waals surface area contributed by atoms with Crippen molar-refractivity contribution in [3.63, 3.8) is 0 Å². The molecule has 1 aliphatic heterocycles. The Morgan fingerprint density at radius 1 is 1.45 bits per heavy atom. The van der Waals surface area contributed by atoms with Gasteiger partial charge in [0.15, 0.2) is 0 Å². The number of methoxy groups -OCH3 is 1. The van der Waals surface area contributed by atoms with Gasteiger partial charge in [0, 0.05) is 24.2 Å². The van der Waals surface area contributed by atoms with E-state index < -0.39 is 0 Å². The molecule has 0 aliphatic carbocycles. The minimum absolute atomic E-state index is 0.0307. The van der Waals surface area contributed by atoms with Gasteiger partial charge in [-0.05, 0) is 12.1 Å². The van der Waals surface area contributed by atoms with E-state index in [1.807, 2.05) is 12.1 Å². The van der Waals surface area contributed by atoms with Crippen molar-refractivity contribution in [3.8, 4) is 0 Å². The van der Waals surface area contributed by atoms with Crippen LogP contribution in [0.1, 0.15) is 5.56 Å². The number of hydrogen-bond donors (Lipinski definition) is 0. The van der Waals surface area contributed by atoms with Crippen molar-refractivity contribution in [2.45, 2.75) is 0 Å². The van der Waals surface area contributed by atoms with Gasteiger partial charge in [-0.25, -0.2) is 0 Å². The molecule has 5 nitrogen and oxygen atoms in total. The number of aliphatic imine (C=N–C) groups is 1. The summed E-state index contributed by atoms with van der Waals surface area (Å²) in [6, 6.07) is 7.33. The summed E-state index contributed by atoms with van der Waals surface area (Å²) in [5, 5.41) is 0.626. The van der Waals surface area contributed by atoms with Crippen LogP contribution in [0.5, 0.6) is 0 Å². The third kappa shape index (κ3) is 3.79. The lowest BCUT2D eigenvalue weighted by atomic mass is 10.2. The number of benzene rings is 1. The Bertz CT molecular complexity index is 505. The lowest BCUT2D eigenvalue weighted by Gasteiger charge is -2.18. The second kappa shape index (κ2) is 7.38. The molecule has 1 heterocycles. The van der Waals surface area contributed by atoms with E-state index in [2.05, 4.69) is 4.99 Å². The largest absolute Gasteiger partial charge is 0.382 e. The summed E-state index contributed by atoms with van der Waals surface area (Å²) in [6.07, 6.45) is 0. The highest BCUT2D eigenvalue weighted by Crippen LogP contribution is 2.16. The fourth-order valence-corrected chi connectivity index (χ4v) is 2.13. The molecular weight excluding hydrogens is 280 g/mol. The smallest absolute Gasteiger partial charge is 0.254 e. The van der Waals surface area contributed by atoms with Crippen molar-refractivity contribution in [2.24, 2.45) is 4.99 Å². The number of halogens is 1. The van der Waals surface area contributed by atoms with Gasteiger partial charge in [0.05, 0.1) is 19.8 Å². The van der Waals surface area contributed by atoms with E-state index in [1.54, 1.807) is 24.1 Å². The molecule has 2 rings (SSSR count). The molecule has 0 bridgehead atoms. The minimum Gasteiger partial charge on any atom is -0.382 e. The number of rotatable bonds is 6. The third-order valence-corrected chi connectivity index (χ3v) is 3.12. The van der Waals surface area contributed by atoms with Gasteiger partial charge in [-0.15, -0.1) is 0 Å². The quantitative estimate of drug-likeness (QED) is 0.749. The van der Waals surface area contributed by atoms with E-state index >= 15 is 0 Å². The van der Waals surface area contributed by atoms with Gasteiger partial charge in [0.2, 0.25) is 0 Å². The molecule has 0 spiro atoms. The third-order valence-electron chi connectivity index (χ3n) is 2.88. The minimum atomic E-state index is -0.0997. The number of hydrogen-bond acceptors (Lipinski definition) is 4. The van der Waals surface area contributed by atoms with Crippen LogP contribution in [0, 0.1) is 0 Å². The molecule has 108 valence electrons. The van der Waals surface area contributed by atoms with Gasteiger partial charge in [-0.2, -0.15) is 0 Å². The normalized spacial score (nSPS) is 14.5. The summed E-state index contributed by atoms with van der Waals surface area (Å²) in [5.41, 5.74) is 0.847. The zero-order chi connectivity index (χ0) is 14.4. The topological polar surface area (TPSA) is 51.1 Å². The molecular formula is C14H17ClN2O3. The first-order valence-corrected chi connectivity index (χ1v) is 6.77. The fraction of sp³-hybridized carbons (Fsp3) is 0.429. The Labute approximate surface area is 123 Å². The molecule has 1 amide bonds. The highest BCUT2D eigenvalue weighted by Gasteiger charge is 2.24. The fourth-order valence-electron chi connectivity index (χ4n) is 1.94. The first kappa shape index (κ1) is 15.0. The maximum Gasteiger partial charge on any atom is 0.254 e. The number of amidine groups is 1. The lowest BCUT2D eigenvalue weighted by molar-refractivity contribution is -0.132. The van der Waals surface area contributed by atoms with Crippen LogP contribution in [0.4, 0.5) is 0 Å². The number of amides is 1. The van der Waals surface area contributed by atoms with Crippen LogP contribution >= 0.6 is 11.6 Å². The molecule has 0 unspecified atom stereocenters. The summed E-state index contributed by atoms with van der Waals surface area (Å²) in [6.45, 7) is 2.09. The maximum absolute atomic E-state index is 12.1. The van der Waals surface area contributed by atoms with Crippen LogP contribution in [-0.2, 0) is 14.3 Å². The zero-order valence-electron chi connectivity index (χ0n) is 11.3. The van der Waals surface area contributed by atoms with E-state index in [0.29, 0.717) is 37.2 Å². The molecule has 0 fully saturated rings. The molecule has 0 N–H and O–H groups in total.